The third kappa shape index (κ3) is 4.70. The first-order valence-electron chi connectivity index (χ1n) is 9.61. The van der Waals surface area contributed by atoms with Crippen LogP contribution in [0.15, 0.2) is 0 Å². The van der Waals surface area contributed by atoms with Crippen molar-refractivity contribution in [3.8, 4) is 0 Å². The molecule has 0 spiro atoms. The maximum Gasteiger partial charge on any atom is 0.236 e. The molecule has 0 N–H and O–H groups in total. The standard InChI is InChI=1S/C18H31N3O3/c22-17(20-7-3-1-2-4-8-20)15-19-9-11-21(12-10-19)18(23)16-5-13-24-14-6-16/h16H,1-15H2. The van der Waals surface area contributed by atoms with E-state index in [1.54, 1.807) is 0 Å². The van der Waals surface area contributed by atoms with Gasteiger partial charge in [0.15, 0.2) is 0 Å². The van der Waals surface area contributed by atoms with Crippen LogP contribution in [-0.2, 0) is 14.3 Å². The van der Waals surface area contributed by atoms with Crippen molar-refractivity contribution >= 4 is 11.8 Å². The van der Waals surface area contributed by atoms with Gasteiger partial charge in [-0.25, -0.2) is 0 Å². The summed E-state index contributed by atoms with van der Waals surface area (Å²) in [4.78, 5) is 31.2. The average Bonchev–Trinajstić information content (AvgIpc) is 2.92. The van der Waals surface area contributed by atoms with E-state index in [0.29, 0.717) is 19.8 Å². The Morgan fingerprint density at radius 2 is 1.42 bits per heavy atom. The van der Waals surface area contributed by atoms with Crippen molar-refractivity contribution in [3.63, 3.8) is 0 Å². The van der Waals surface area contributed by atoms with Crippen LogP contribution in [-0.4, -0.2) is 85.5 Å². The maximum absolute atomic E-state index is 12.5. The lowest BCUT2D eigenvalue weighted by Gasteiger charge is -2.37. The van der Waals surface area contributed by atoms with Gasteiger partial charge >= 0.3 is 0 Å². The molecule has 3 aliphatic rings. The van der Waals surface area contributed by atoms with Crippen LogP contribution in [0.3, 0.4) is 0 Å². The van der Waals surface area contributed by atoms with Gasteiger partial charge in [-0.1, -0.05) is 12.8 Å². The van der Waals surface area contributed by atoms with E-state index in [-0.39, 0.29) is 17.7 Å². The molecule has 0 aromatic carbocycles. The highest BCUT2D eigenvalue weighted by molar-refractivity contribution is 5.79. The maximum atomic E-state index is 12.5. The van der Waals surface area contributed by atoms with Crippen LogP contribution in [0.25, 0.3) is 0 Å². The average molecular weight is 337 g/mol. The lowest BCUT2D eigenvalue weighted by atomic mass is 9.98. The molecular weight excluding hydrogens is 306 g/mol. The molecule has 0 aliphatic carbocycles. The van der Waals surface area contributed by atoms with Crippen LogP contribution in [0.5, 0.6) is 0 Å². The molecular formula is C18H31N3O3. The normalized spacial score (nSPS) is 24.7. The Morgan fingerprint density at radius 3 is 2.04 bits per heavy atom. The van der Waals surface area contributed by atoms with Gasteiger partial charge in [0.2, 0.25) is 11.8 Å². The molecule has 2 amide bonds. The largest absolute Gasteiger partial charge is 0.381 e. The molecule has 3 aliphatic heterocycles. The summed E-state index contributed by atoms with van der Waals surface area (Å²) in [5.74, 6) is 0.696. The molecule has 3 saturated heterocycles. The van der Waals surface area contributed by atoms with Gasteiger partial charge in [0.25, 0.3) is 0 Å². The van der Waals surface area contributed by atoms with E-state index in [2.05, 4.69) is 4.90 Å². The smallest absolute Gasteiger partial charge is 0.236 e. The zero-order valence-corrected chi connectivity index (χ0v) is 14.8. The Morgan fingerprint density at radius 1 is 0.792 bits per heavy atom. The number of rotatable bonds is 3. The molecule has 3 rings (SSSR count). The Bertz CT molecular complexity index is 421. The van der Waals surface area contributed by atoms with E-state index < -0.39 is 0 Å². The SMILES string of the molecule is O=C(CN1CCN(C(=O)C2CCOCC2)CC1)N1CCCCCC1. The summed E-state index contributed by atoms with van der Waals surface area (Å²) in [6.07, 6.45) is 6.48. The van der Waals surface area contributed by atoms with Crippen molar-refractivity contribution in [2.24, 2.45) is 5.92 Å². The molecule has 24 heavy (non-hydrogen) atoms. The van der Waals surface area contributed by atoms with Crippen molar-refractivity contribution < 1.29 is 14.3 Å². The van der Waals surface area contributed by atoms with Crippen molar-refractivity contribution in [2.75, 3.05) is 59.0 Å². The first kappa shape index (κ1) is 17.7. The number of ether oxygens (including phenoxy) is 1. The van der Waals surface area contributed by atoms with Gasteiger partial charge in [-0.05, 0) is 25.7 Å². The summed E-state index contributed by atoms with van der Waals surface area (Å²) in [6.45, 7) is 6.90. The fraction of sp³-hybridized carbons (Fsp3) is 0.889. The predicted molar refractivity (Wildman–Crippen MR) is 91.6 cm³/mol. The minimum atomic E-state index is 0.143. The summed E-state index contributed by atoms with van der Waals surface area (Å²) >= 11 is 0. The molecule has 0 unspecified atom stereocenters. The van der Waals surface area contributed by atoms with E-state index in [4.69, 9.17) is 4.74 Å². The van der Waals surface area contributed by atoms with Gasteiger partial charge in [-0.3, -0.25) is 14.5 Å². The Kier molecular flexibility index (Phi) is 6.49. The zero-order chi connectivity index (χ0) is 16.8. The predicted octanol–water partition coefficient (Wildman–Crippen LogP) is 0.960. The van der Waals surface area contributed by atoms with Crippen LogP contribution < -0.4 is 0 Å². The lowest BCUT2D eigenvalue weighted by molar-refractivity contribution is -0.140. The minimum Gasteiger partial charge on any atom is -0.381 e. The van der Waals surface area contributed by atoms with Gasteiger partial charge in [0.1, 0.15) is 0 Å². The minimum absolute atomic E-state index is 0.143. The number of hydrogen-bond acceptors (Lipinski definition) is 4. The van der Waals surface area contributed by atoms with Crippen molar-refractivity contribution in [2.45, 2.75) is 38.5 Å². The Labute approximate surface area is 145 Å². The van der Waals surface area contributed by atoms with E-state index in [9.17, 15) is 9.59 Å². The second kappa shape index (κ2) is 8.81. The van der Waals surface area contributed by atoms with Gasteiger partial charge in [-0.15, -0.1) is 0 Å². The summed E-state index contributed by atoms with van der Waals surface area (Å²) in [6, 6.07) is 0. The summed E-state index contributed by atoms with van der Waals surface area (Å²) in [7, 11) is 0. The topological polar surface area (TPSA) is 53.1 Å². The number of carbonyl (C=O) groups excluding carboxylic acids is 2. The van der Waals surface area contributed by atoms with E-state index >= 15 is 0 Å². The summed E-state index contributed by atoms with van der Waals surface area (Å²) in [5, 5.41) is 0. The molecule has 136 valence electrons. The van der Waals surface area contributed by atoms with Crippen LogP contribution in [0, 0.1) is 5.92 Å². The number of hydrogen-bond donors (Lipinski definition) is 0. The van der Waals surface area contributed by atoms with Crippen LogP contribution in [0.2, 0.25) is 0 Å². The number of amides is 2. The van der Waals surface area contributed by atoms with Gasteiger partial charge in [0.05, 0.1) is 6.54 Å². The van der Waals surface area contributed by atoms with Crippen molar-refractivity contribution in [3.05, 3.63) is 0 Å². The monoisotopic (exact) mass is 337 g/mol. The van der Waals surface area contributed by atoms with E-state index in [0.717, 1.165) is 65.0 Å². The Balaban J connectivity index is 1.41. The molecule has 3 heterocycles. The third-order valence-electron chi connectivity index (χ3n) is 5.57. The fourth-order valence-electron chi connectivity index (χ4n) is 3.94. The highest BCUT2D eigenvalue weighted by Gasteiger charge is 2.29. The second-order valence-electron chi connectivity index (χ2n) is 7.28. The first-order valence-corrected chi connectivity index (χ1v) is 9.61. The van der Waals surface area contributed by atoms with E-state index in [1.165, 1.54) is 12.8 Å². The first-order chi connectivity index (χ1) is 11.7. The highest BCUT2D eigenvalue weighted by atomic mass is 16.5. The molecule has 6 nitrogen and oxygen atoms in total. The van der Waals surface area contributed by atoms with Crippen LogP contribution >= 0.6 is 0 Å². The molecule has 0 radical (unpaired) electrons. The number of nitrogens with zero attached hydrogens (tertiary/aromatic N) is 3. The molecule has 0 saturated carbocycles. The lowest BCUT2D eigenvalue weighted by Crippen LogP contribution is -2.53. The van der Waals surface area contributed by atoms with Gasteiger partial charge < -0.3 is 14.5 Å². The molecule has 6 heteroatoms. The number of piperazine rings is 1. The summed E-state index contributed by atoms with van der Waals surface area (Å²) < 4.78 is 5.34. The number of likely N-dealkylation sites (tertiary alicyclic amines) is 1. The van der Waals surface area contributed by atoms with Crippen LogP contribution in [0.4, 0.5) is 0 Å². The molecule has 0 atom stereocenters. The van der Waals surface area contributed by atoms with E-state index in [1.807, 2.05) is 9.80 Å². The Hall–Kier alpha value is -1.14. The third-order valence-corrected chi connectivity index (χ3v) is 5.57. The molecule has 0 aromatic rings. The van der Waals surface area contributed by atoms with Crippen molar-refractivity contribution in [1.82, 2.24) is 14.7 Å². The molecule has 3 fully saturated rings. The fourth-order valence-corrected chi connectivity index (χ4v) is 3.94. The highest BCUT2D eigenvalue weighted by Crippen LogP contribution is 2.19. The molecule has 0 aromatic heterocycles. The summed E-state index contributed by atoms with van der Waals surface area (Å²) in [5.41, 5.74) is 0. The zero-order valence-electron chi connectivity index (χ0n) is 14.8. The number of carbonyl (C=O) groups is 2. The van der Waals surface area contributed by atoms with Gasteiger partial charge in [-0.2, -0.15) is 0 Å². The second-order valence-corrected chi connectivity index (χ2v) is 7.28. The van der Waals surface area contributed by atoms with Crippen molar-refractivity contribution in [1.29, 1.82) is 0 Å². The molecule has 0 bridgehead atoms. The quantitative estimate of drug-likeness (QED) is 0.770. The van der Waals surface area contributed by atoms with Crippen LogP contribution in [0.1, 0.15) is 38.5 Å². The van der Waals surface area contributed by atoms with Gasteiger partial charge in [0, 0.05) is 58.4 Å².